The fraction of sp³-hybridized carbons (Fsp3) is 0.0769. The Balaban J connectivity index is 2.24. The Labute approximate surface area is 98.2 Å². The second-order valence-corrected chi connectivity index (χ2v) is 3.89. The zero-order valence-electron chi connectivity index (χ0n) is 9.33. The first kappa shape index (κ1) is 9.84. The molecule has 4 heteroatoms. The van der Waals surface area contributed by atoms with E-state index in [0.717, 1.165) is 22.6 Å². The fourth-order valence-electron chi connectivity index (χ4n) is 1.89. The lowest BCUT2D eigenvalue weighted by atomic mass is 10.2. The average Bonchev–Trinajstić information content (AvgIpc) is 2.69. The van der Waals surface area contributed by atoms with Crippen LogP contribution in [0.5, 0.6) is 5.75 Å². The van der Waals surface area contributed by atoms with Gasteiger partial charge in [0.2, 0.25) is 0 Å². The maximum absolute atomic E-state index is 9.27. The van der Waals surface area contributed by atoms with E-state index in [-0.39, 0.29) is 5.75 Å². The molecule has 84 valence electrons. The van der Waals surface area contributed by atoms with E-state index in [1.54, 1.807) is 18.3 Å². The van der Waals surface area contributed by atoms with Gasteiger partial charge < -0.3 is 9.67 Å². The first-order valence-electron chi connectivity index (χ1n) is 5.32. The van der Waals surface area contributed by atoms with Crippen molar-refractivity contribution in [2.75, 3.05) is 0 Å². The standard InChI is InChI=1S/C13H11N3O/c1-16-12(9-4-6-10(17)7-5-9)15-11-3-2-8-14-13(11)16/h2-8,17H,1H3. The van der Waals surface area contributed by atoms with Gasteiger partial charge in [-0.2, -0.15) is 0 Å². The molecule has 17 heavy (non-hydrogen) atoms. The molecular formula is C13H11N3O. The van der Waals surface area contributed by atoms with Crippen LogP contribution in [0.1, 0.15) is 0 Å². The molecule has 0 amide bonds. The number of aromatic hydroxyl groups is 1. The molecule has 0 saturated carbocycles. The van der Waals surface area contributed by atoms with Crippen molar-refractivity contribution < 1.29 is 5.11 Å². The van der Waals surface area contributed by atoms with Crippen LogP contribution in [0.3, 0.4) is 0 Å². The molecule has 0 fully saturated rings. The number of nitrogens with zero attached hydrogens (tertiary/aromatic N) is 3. The number of imidazole rings is 1. The number of aromatic nitrogens is 3. The van der Waals surface area contributed by atoms with E-state index in [1.807, 2.05) is 35.9 Å². The number of hydrogen-bond donors (Lipinski definition) is 1. The molecule has 0 aliphatic rings. The predicted molar refractivity (Wildman–Crippen MR) is 65.6 cm³/mol. The number of benzene rings is 1. The maximum Gasteiger partial charge on any atom is 0.159 e. The molecule has 0 saturated heterocycles. The maximum atomic E-state index is 9.27. The SMILES string of the molecule is Cn1c(-c2ccc(O)cc2)nc2cccnc21. The van der Waals surface area contributed by atoms with Crippen molar-refractivity contribution >= 4 is 11.2 Å². The molecule has 0 aliphatic heterocycles. The third-order valence-corrected chi connectivity index (χ3v) is 2.75. The van der Waals surface area contributed by atoms with Crippen LogP contribution in [0, 0.1) is 0 Å². The molecule has 0 spiro atoms. The number of rotatable bonds is 1. The molecule has 1 N–H and O–H groups in total. The largest absolute Gasteiger partial charge is 0.508 e. The highest BCUT2D eigenvalue weighted by molar-refractivity contribution is 5.76. The van der Waals surface area contributed by atoms with E-state index in [1.165, 1.54) is 0 Å². The van der Waals surface area contributed by atoms with E-state index < -0.39 is 0 Å². The third kappa shape index (κ3) is 1.54. The summed E-state index contributed by atoms with van der Waals surface area (Å²) < 4.78 is 1.95. The highest BCUT2D eigenvalue weighted by Gasteiger charge is 2.09. The van der Waals surface area contributed by atoms with Crippen LogP contribution in [0.25, 0.3) is 22.6 Å². The molecule has 2 heterocycles. The Morgan fingerprint density at radius 2 is 1.88 bits per heavy atom. The number of fused-ring (bicyclic) bond motifs is 1. The summed E-state index contributed by atoms with van der Waals surface area (Å²) in [6.45, 7) is 0. The Kier molecular flexibility index (Phi) is 2.08. The van der Waals surface area contributed by atoms with Crippen LogP contribution in [0.2, 0.25) is 0 Å². The molecule has 1 aromatic carbocycles. The van der Waals surface area contributed by atoms with Gasteiger partial charge in [0.15, 0.2) is 5.65 Å². The van der Waals surface area contributed by atoms with Gasteiger partial charge in [0.05, 0.1) is 0 Å². The van der Waals surface area contributed by atoms with Gasteiger partial charge in [-0.15, -0.1) is 0 Å². The van der Waals surface area contributed by atoms with Gasteiger partial charge in [-0.1, -0.05) is 0 Å². The second-order valence-electron chi connectivity index (χ2n) is 3.89. The Hall–Kier alpha value is -2.36. The molecule has 0 radical (unpaired) electrons. The van der Waals surface area contributed by atoms with Gasteiger partial charge in [-0.3, -0.25) is 0 Å². The highest BCUT2D eigenvalue weighted by Crippen LogP contribution is 2.23. The van der Waals surface area contributed by atoms with Crippen LogP contribution in [-0.4, -0.2) is 19.6 Å². The Morgan fingerprint density at radius 3 is 2.59 bits per heavy atom. The normalized spacial score (nSPS) is 10.9. The molecule has 2 aromatic heterocycles. The number of aryl methyl sites for hydroxylation is 1. The summed E-state index contributed by atoms with van der Waals surface area (Å²) in [7, 11) is 1.94. The molecule has 0 bridgehead atoms. The van der Waals surface area contributed by atoms with E-state index in [4.69, 9.17) is 0 Å². The summed E-state index contributed by atoms with van der Waals surface area (Å²) >= 11 is 0. The summed E-state index contributed by atoms with van der Waals surface area (Å²) in [5.74, 6) is 1.10. The van der Waals surface area contributed by atoms with Gasteiger partial charge in [0.25, 0.3) is 0 Å². The molecule has 4 nitrogen and oxygen atoms in total. The topological polar surface area (TPSA) is 50.9 Å². The van der Waals surface area contributed by atoms with Crippen molar-refractivity contribution in [1.29, 1.82) is 0 Å². The minimum atomic E-state index is 0.255. The summed E-state index contributed by atoms with van der Waals surface area (Å²) in [5, 5.41) is 9.27. The zero-order valence-corrected chi connectivity index (χ0v) is 9.33. The predicted octanol–water partition coefficient (Wildman–Crippen LogP) is 2.34. The van der Waals surface area contributed by atoms with Gasteiger partial charge >= 0.3 is 0 Å². The van der Waals surface area contributed by atoms with Crippen molar-refractivity contribution in [3.8, 4) is 17.1 Å². The minimum absolute atomic E-state index is 0.255. The Morgan fingerprint density at radius 1 is 1.12 bits per heavy atom. The first-order chi connectivity index (χ1) is 8.25. The monoisotopic (exact) mass is 225 g/mol. The highest BCUT2D eigenvalue weighted by atomic mass is 16.3. The van der Waals surface area contributed by atoms with Crippen molar-refractivity contribution in [1.82, 2.24) is 14.5 Å². The van der Waals surface area contributed by atoms with Crippen LogP contribution in [-0.2, 0) is 7.05 Å². The van der Waals surface area contributed by atoms with Crippen molar-refractivity contribution in [3.05, 3.63) is 42.6 Å². The lowest BCUT2D eigenvalue weighted by molar-refractivity contribution is 0.475. The first-order valence-corrected chi connectivity index (χ1v) is 5.32. The second kappa shape index (κ2) is 3.59. The summed E-state index contributed by atoms with van der Waals surface area (Å²) in [6.07, 6.45) is 1.75. The molecule has 0 atom stereocenters. The number of hydrogen-bond acceptors (Lipinski definition) is 3. The summed E-state index contributed by atoms with van der Waals surface area (Å²) in [6, 6.07) is 10.8. The quantitative estimate of drug-likeness (QED) is 0.691. The lowest BCUT2D eigenvalue weighted by Crippen LogP contribution is -1.93. The molecule has 0 aliphatic carbocycles. The van der Waals surface area contributed by atoms with Gasteiger partial charge in [-0.05, 0) is 36.4 Å². The molecule has 3 rings (SSSR count). The number of phenolic OH excluding ortho intramolecular Hbond substituents is 1. The molecule has 3 aromatic rings. The van der Waals surface area contributed by atoms with Crippen molar-refractivity contribution in [2.45, 2.75) is 0 Å². The third-order valence-electron chi connectivity index (χ3n) is 2.75. The molecule has 0 unspecified atom stereocenters. The van der Waals surface area contributed by atoms with Gasteiger partial charge in [0.1, 0.15) is 17.1 Å². The van der Waals surface area contributed by atoms with Crippen LogP contribution in [0.15, 0.2) is 42.6 Å². The Bertz CT molecular complexity index is 671. The minimum Gasteiger partial charge on any atom is -0.508 e. The van der Waals surface area contributed by atoms with Crippen LogP contribution in [0.4, 0.5) is 0 Å². The van der Waals surface area contributed by atoms with Gasteiger partial charge in [-0.25, -0.2) is 9.97 Å². The summed E-state index contributed by atoms with van der Waals surface area (Å²) in [5.41, 5.74) is 2.69. The van der Waals surface area contributed by atoms with Crippen LogP contribution >= 0.6 is 0 Å². The summed E-state index contributed by atoms with van der Waals surface area (Å²) in [4.78, 5) is 8.83. The number of phenols is 1. The van der Waals surface area contributed by atoms with Gasteiger partial charge in [0, 0.05) is 18.8 Å². The van der Waals surface area contributed by atoms with Crippen LogP contribution < -0.4 is 0 Å². The van der Waals surface area contributed by atoms with E-state index in [9.17, 15) is 5.11 Å². The van der Waals surface area contributed by atoms with E-state index >= 15 is 0 Å². The lowest BCUT2D eigenvalue weighted by Gasteiger charge is -2.01. The van der Waals surface area contributed by atoms with E-state index in [2.05, 4.69) is 9.97 Å². The average molecular weight is 225 g/mol. The smallest absolute Gasteiger partial charge is 0.159 e. The zero-order chi connectivity index (χ0) is 11.8. The number of pyridine rings is 1. The van der Waals surface area contributed by atoms with Crippen molar-refractivity contribution in [3.63, 3.8) is 0 Å². The fourth-order valence-corrected chi connectivity index (χ4v) is 1.89. The van der Waals surface area contributed by atoms with E-state index in [0.29, 0.717) is 0 Å². The van der Waals surface area contributed by atoms with Crippen molar-refractivity contribution in [2.24, 2.45) is 7.05 Å². The molecular weight excluding hydrogens is 214 g/mol.